The second-order valence-electron chi connectivity index (χ2n) is 6.06. The van der Waals surface area contributed by atoms with Crippen LogP contribution in [0.5, 0.6) is 0 Å². The molecule has 0 aromatic heterocycles. The van der Waals surface area contributed by atoms with E-state index in [1.165, 1.54) is 24.3 Å². The Morgan fingerprint density at radius 2 is 1.57 bits per heavy atom. The largest absolute Gasteiger partial charge is 0.412 e. The number of hydrogen-bond donors (Lipinski definition) is 0. The molecule has 0 spiro atoms. The van der Waals surface area contributed by atoms with Crippen LogP contribution in [0.4, 0.5) is 22.0 Å². The summed E-state index contributed by atoms with van der Waals surface area (Å²) in [4.78, 5) is 0. The van der Waals surface area contributed by atoms with E-state index >= 15 is 0 Å². The van der Waals surface area contributed by atoms with Crippen LogP contribution < -0.4 is 0 Å². The van der Waals surface area contributed by atoms with Gasteiger partial charge in [0.25, 0.3) is 6.43 Å². The lowest BCUT2D eigenvalue weighted by Gasteiger charge is -2.18. The predicted molar refractivity (Wildman–Crippen MR) is 101 cm³/mol. The number of oxime groups is 1. The Kier molecular flexibility index (Phi) is 7.90. The van der Waals surface area contributed by atoms with Crippen molar-refractivity contribution in [3.63, 3.8) is 0 Å². The SMILES string of the molecule is COCCC(F)C(F)(F)S(=O)(=O)ON=C(c1ccc(-c2ccccc2)cc1)C(F)F. The standard InChI is InChI=1S/C19H18F5NO4S/c1-28-12-11-16(20)19(23,24)30(26,27)29-25-17(18(21)22)15-9-7-14(8-10-15)13-5-3-2-4-6-13/h2-10,16,18H,11-12H2,1H3. The zero-order valence-corrected chi connectivity index (χ0v) is 16.5. The van der Waals surface area contributed by atoms with E-state index < -0.39 is 46.7 Å². The highest BCUT2D eigenvalue weighted by molar-refractivity contribution is 7.87. The Morgan fingerprint density at radius 1 is 1.00 bits per heavy atom. The highest BCUT2D eigenvalue weighted by atomic mass is 32.2. The van der Waals surface area contributed by atoms with Crippen molar-refractivity contribution in [3.05, 3.63) is 60.2 Å². The molecule has 0 aliphatic carbocycles. The van der Waals surface area contributed by atoms with E-state index in [2.05, 4.69) is 14.2 Å². The van der Waals surface area contributed by atoms with E-state index in [0.29, 0.717) is 5.56 Å². The van der Waals surface area contributed by atoms with Crippen LogP contribution in [-0.2, 0) is 19.1 Å². The maximum atomic E-state index is 13.8. The Labute approximate surface area is 170 Å². The maximum Gasteiger partial charge on any atom is 0.412 e. The van der Waals surface area contributed by atoms with Crippen molar-refractivity contribution in [2.24, 2.45) is 5.16 Å². The van der Waals surface area contributed by atoms with Gasteiger partial charge in [-0.25, -0.2) is 13.2 Å². The number of halogens is 5. The summed E-state index contributed by atoms with van der Waals surface area (Å²) in [5.41, 5.74) is 0.0234. The van der Waals surface area contributed by atoms with E-state index in [4.69, 9.17) is 0 Å². The van der Waals surface area contributed by atoms with Gasteiger partial charge in [-0.15, -0.1) is 0 Å². The Hall–Kier alpha value is -2.53. The highest BCUT2D eigenvalue weighted by Crippen LogP contribution is 2.32. The monoisotopic (exact) mass is 451 g/mol. The van der Waals surface area contributed by atoms with Gasteiger partial charge in [-0.05, 0) is 11.1 Å². The van der Waals surface area contributed by atoms with Crippen LogP contribution in [0.1, 0.15) is 12.0 Å². The van der Waals surface area contributed by atoms with Gasteiger partial charge in [-0.3, -0.25) is 4.28 Å². The molecule has 164 valence electrons. The van der Waals surface area contributed by atoms with E-state index in [-0.39, 0.29) is 5.56 Å². The first-order valence-corrected chi connectivity index (χ1v) is 9.97. The summed E-state index contributed by atoms with van der Waals surface area (Å²) in [5.74, 6) is 0. The van der Waals surface area contributed by atoms with Crippen LogP contribution in [0.25, 0.3) is 11.1 Å². The number of alkyl halides is 5. The first kappa shape index (κ1) is 23.7. The Bertz CT molecular complexity index is 951. The van der Waals surface area contributed by atoms with Crippen LogP contribution in [0.3, 0.4) is 0 Å². The average Bonchev–Trinajstić information content (AvgIpc) is 2.72. The molecule has 5 nitrogen and oxygen atoms in total. The minimum atomic E-state index is -5.96. The topological polar surface area (TPSA) is 65.0 Å². The molecule has 1 atom stereocenters. The van der Waals surface area contributed by atoms with Gasteiger partial charge >= 0.3 is 15.4 Å². The van der Waals surface area contributed by atoms with Crippen LogP contribution in [-0.4, -0.2) is 45.7 Å². The lowest BCUT2D eigenvalue weighted by molar-refractivity contribution is -0.0184. The Balaban J connectivity index is 2.25. The number of hydrogen-bond acceptors (Lipinski definition) is 5. The predicted octanol–water partition coefficient (Wildman–Crippen LogP) is 4.64. The maximum absolute atomic E-state index is 13.8. The average molecular weight is 451 g/mol. The molecule has 30 heavy (non-hydrogen) atoms. The molecule has 2 rings (SSSR count). The quantitative estimate of drug-likeness (QED) is 0.300. The van der Waals surface area contributed by atoms with Gasteiger partial charge in [0.15, 0.2) is 11.9 Å². The summed E-state index contributed by atoms with van der Waals surface area (Å²) in [6, 6.07) is 14.3. The second-order valence-corrected chi connectivity index (χ2v) is 7.66. The van der Waals surface area contributed by atoms with Crippen molar-refractivity contribution >= 4 is 15.8 Å². The van der Waals surface area contributed by atoms with Crippen LogP contribution >= 0.6 is 0 Å². The van der Waals surface area contributed by atoms with E-state index in [9.17, 15) is 30.4 Å². The van der Waals surface area contributed by atoms with Gasteiger partial charge in [-0.2, -0.15) is 17.2 Å². The van der Waals surface area contributed by atoms with Crippen LogP contribution in [0.15, 0.2) is 59.8 Å². The minimum absolute atomic E-state index is 0.251. The van der Waals surface area contributed by atoms with Gasteiger partial charge in [0, 0.05) is 25.7 Å². The van der Waals surface area contributed by atoms with Gasteiger partial charge < -0.3 is 4.74 Å². The molecule has 2 aromatic rings. The summed E-state index contributed by atoms with van der Waals surface area (Å²) in [6.07, 6.45) is -7.46. The normalized spacial score (nSPS) is 14.0. The summed E-state index contributed by atoms with van der Waals surface area (Å²) >= 11 is 0. The number of methoxy groups -OCH3 is 1. The third-order valence-corrected chi connectivity index (χ3v) is 5.19. The summed E-state index contributed by atoms with van der Waals surface area (Å²) in [6.45, 7) is -0.481. The zero-order chi connectivity index (χ0) is 22.4. The van der Waals surface area contributed by atoms with Gasteiger partial charge in [0.05, 0.1) is 0 Å². The third-order valence-electron chi connectivity index (χ3n) is 4.00. The zero-order valence-electron chi connectivity index (χ0n) is 15.6. The number of benzene rings is 2. The van der Waals surface area contributed by atoms with Crippen LogP contribution in [0.2, 0.25) is 0 Å². The molecule has 0 aliphatic heterocycles. The first-order valence-electron chi connectivity index (χ1n) is 8.56. The van der Waals surface area contributed by atoms with E-state index in [1.54, 1.807) is 30.3 Å². The molecule has 0 N–H and O–H groups in total. The van der Waals surface area contributed by atoms with Crippen molar-refractivity contribution in [2.75, 3.05) is 13.7 Å². The van der Waals surface area contributed by atoms with Crippen molar-refractivity contribution in [1.29, 1.82) is 0 Å². The van der Waals surface area contributed by atoms with Gasteiger partial charge in [0.2, 0.25) is 0 Å². The molecule has 0 fully saturated rings. The van der Waals surface area contributed by atoms with E-state index in [1.807, 2.05) is 0 Å². The van der Waals surface area contributed by atoms with Crippen molar-refractivity contribution < 1.29 is 39.4 Å². The molecule has 11 heteroatoms. The number of nitrogens with zero attached hydrogens (tertiary/aromatic N) is 1. The lowest BCUT2D eigenvalue weighted by atomic mass is 10.0. The Morgan fingerprint density at radius 3 is 2.10 bits per heavy atom. The fourth-order valence-electron chi connectivity index (χ4n) is 2.37. The molecule has 0 saturated heterocycles. The number of ether oxygens (including phenoxy) is 1. The molecule has 2 aromatic carbocycles. The summed E-state index contributed by atoms with van der Waals surface area (Å²) in [7, 11) is -4.85. The van der Waals surface area contributed by atoms with Crippen molar-refractivity contribution in [3.8, 4) is 11.1 Å². The second kappa shape index (κ2) is 9.98. The van der Waals surface area contributed by atoms with Crippen LogP contribution in [0, 0.1) is 0 Å². The molecule has 0 radical (unpaired) electrons. The highest BCUT2D eigenvalue weighted by Gasteiger charge is 2.55. The molecule has 0 heterocycles. The molecule has 0 aliphatic rings. The lowest BCUT2D eigenvalue weighted by Crippen LogP contribution is -2.40. The van der Waals surface area contributed by atoms with Crippen molar-refractivity contribution in [1.82, 2.24) is 0 Å². The fraction of sp³-hybridized carbons (Fsp3) is 0.316. The molecule has 0 amide bonds. The molecule has 1 unspecified atom stereocenters. The van der Waals surface area contributed by atoms with Crippen molar-refractivity contribution in [2.45, 2.75) is 24.3 Å². The minimum Gasteiger partial charge on any atom is -0.385 e. The fourth-order valence-corrected chi connectivity index (χ4v) is 3.08. The summed E-state index contributed by atoms with van der Waals surface area (Å²) < 4.78 is 99.3. The molecular formula is C19H18F5NO4S. The smallest absolute Gasteiger partial charge is 0.385 e. The third kappa shape index (κ3) is 5.54. The molecule has 0 bridgehead atoms. The van der Waals surface area contributed by atoms with Gasteiger partial charge in [0.1, 0.15) is 0 Å². The van der Waals surface area contributed by atoms with Gasteiger partial charge in [-0.1, -0.05) is 59.8 Å². The number of rotatable bonds is 10. The van der Waals surface area contributed by atoms with E-state index in [0.717, 1.165) is 12.7 Å². The summed E-state index contributed by atoms with van der Waals surface area (Å²) in [5, 5.41) is -2.30. The molecule has 0 saturated carbocycles. The molecular weight excluding hydrogens is 433 g/mol. The first-order chi connectivity index (χ1) is 14.1.